The van der Waals surface area contributed by atoms with Gasteiger partial charge >= 0.3 is 5.97 Å². The van der Waals surface area contributed by atoms with Crippen molar-refractivity contribution in [3.05, 3.63) is 34.0 Å². The van der Waals surface area contributed by atoms with Crippen LogP contribution >= 0.6 is 15.9 Å². The minimum atomic E-state index is -0.647. The maximum atomic E-state index is 12.8. The van der Waals surface area contributed by atoms with Gasteiger partial charge in [-0.3, -0.25) is 0 Å². The van der Waals surface area contributed by atoms with Crippen LogP contribution in [0.2, 0.25) is 0 Å². The van der Waals surface area contributed by atoms with E-state index in [2.05, 4.69) is 15.9 Å². The number of halogens is 2. The summed E-state index contributed by atoms with van der Waals surface area (Å²) in [5, 5.41) is 0.561. The number of esters is 1. The summed E-state index contributed by atoms with van der Waals surface area (Å²) < 4.78 is 23.6. The fourth-order valence-electron chi connectivity index (χ4n) is 1.64. The SMILES string of the molecule is CC.CCOC(=O)c1coc2c(CF)cc(Br)cc12. The Balaban J connectivity index is 0.000000861. The van der Waals surface area contributed by atoms with E-state index in [0.29, 0.717) is 26.6 Å². The highest BCUT2D eigenvalue weighted by Crippen LogP contribution is 2.29. The molecule has 0 spiro atoms. The Labute approximate surface area is 119 Å². The number of alkyl halides is 1. The molecular weight excluding hydrogens is 315 g/mol. The zero-order valence-electron chi connectivity index (χ0n) is 11.1. The topological polar surface area (TPSA) is 39.4 Å². The first-order valence-corrected chi connectivity index (χ1v) is 6.89. The van der Waals surface area contributed by atoms with Gasteiger partial charge in [0, 0.05) is 15.4 Å². The molecule has 0 aliphatic rings. The standard InChI is InChI=1S/C12H10BrFO3.C2H6/c1-2-16-12(15)10-6-17-11-7(5-14)3-8(13)4-9(10)11;1-2/h3-4,6H,2,5H2,1H3;1-2H3. The summed E-state index contributed by atoms with van der Waals surface area (Å²) in [5.41, 5.74) is 1.11. The first-order valence-electron chi connectivity index (χ1n) is 6.10. The zero-order valence-corrected chi connectivity index (χ0v) is 12.7. The van der Waals surface area contributed by atoms with Crippen LogP contribution < -0.4 is 0 Å². The van der Waals surface area contributed by atoms with E-state index in [1.807, 2.05) is 13.8 Å². The molecule has 0 unspecified atom stereocenters. The summed E-state index contributed by atoms with van der Waals surface area (Å²) >= 11 is 3.27. The molecule has 2 rings (SSSR count). The fourth-order valence-corrected chi connectivity index (χ4v) is 2.14. The molecule has 0 saturated heterocycles. The monoisotopic (exact) mass is 330 g/mol. The van der Waals surface area contributed by atoms with Gasteiger partial charge in [0.2, 0.25) is 0 Å². The van der Waals surface area contributed by atoms with E-state index in [4.69, 9.17) is 9.15 Å². The molecule has 1 aromatic heterocycles. The van der Waals surface area contributed by atoms with Crippen molar-refractivity contribution in [2.45, 2.75) is 27.4 Å². The van der Waals surface area contributed by atoms with Crippen LogP contribution in [-0.4, -0.2) is 12.6 Å². The second kappa shape index (κ2) is 7.28. The molecule has 2 aromatic rings. The van der Waals surface area contributed by atoms with E-state index in [9.17, 15) is 9.18 Å². The van der Waals surface area contributed by atoms with Gasteiger partial charge in [-0.25, -0.2) is 9.18 Å². The van der Waals surface area contributed by atoms with Crippen LogP contribution in [0.1, 0.15) is 36.7 Å². The van der Waals surface area contributed by atoms with Crippen molar-refractivity contribution in [2.75, 3.05) is 6.61 Å². The summed E-state index contributed by atoms with van der Waals surface area (Å²) in [6, 6.07) is 3.34. The molecule has 0 fully saturated rings. The number of benzene rings is 1. The summed E-state index contributed by atoms with van der Waals surface area (Å²) in [7, 11) is 0. The number of furan rings is 1. The summed E-state index contributed by atoms with van der Waals surface area (Å²) in [6.07, 6.45) is 1.30. The number of carbonyl (C=O) groups excluding carboxylic acids is 1. The van der Waals surface area contributed by atoms with Crippen molar-refractivity contribution in [3.63, 3.8) is 0 Å². The lowest BCUT2D eigenvalue weighted by atomic mass is 10.1. The Morgan fingerprint density at radius 1 is 1.42 bits per heavy atom. The van der Waals surface area contributed by atoms with Gasteiger partial charge in [-0.1, -0.05) is 29.8 Å². The highest BCUT2D eigenvalue weighted by molar-refractivity contribution is 9.10. The Bertz CT molecular complexity index is 563. The highest BCUT2D eigenvalue weighted by Gasteiger charge is 2.17. The molecular formula is C14H16BrFO3. The van der Waals surface area contributed by atoms with Gasteiger partial charge in [-0.15, -0.1) is 0 Å². The average molecular weight is 331 g/mol. The zero-order chi connectivity index (χ0) is 14.4. The van der Waals surface area contributed by atoms with E-state index in [-0.39, 0.29) is 6.61 Å². The molecule has 104 valence electrons. The molecule has 0 bridgehead atoms. The minimum Gasteiger partial charge on any atom is -0.463 e. The number of hydrogen-bond donors (Lipinski definition) is 0. The third-order valence-corrected chi connectivity index (χ3v) is 2.81. The summed E-state index contributed by atoms with van der Waals surface area (Å²) in [4.78, 5) is 11.6. The first kappa shape index (κ1) is 15.7. The van der Waals surface area contributed by atoms with Gasteiger partial charge in [-0.05, 0) is 19.1 Å². The van der Waals surface area contributed by atoms with Gasteiger partial charge < -0.3 is 9.15 Å². The Morgan fingerprint density at radius 2 is 2.11 bits per heavy atom. The molecule has 3 nitrogen and oxygen atoms in total. The largest absolute Gasteiger partial charge is 0.463 e. The third-order valence-electron chi connectivity index (χ3n) is 2.35. The van der Waals surface area contributed by atoms with Crippen molar-refractivity contribution in [2.24, 2.45) is 0 Å². The van der Waals surface area contributed by atoms with E-state index in [1.54, 1.807) is 19.1 Å². The van der Waals surface area contributed by atoms with Crippen LogP contribution in [-0.2, 0) is 11.4 Å². The van der Waals surface area contributed by atoms with Crippen LogP contribution in [0, 0.1) is 0 Å². The smallest absolute Gasteiger partial charge is 0.342 e. The fraction of sp³-hybridized carbons (Fsp3) is 0.357. The van der Waals surface area contributed by atoms with Crippen LogP contribution in [0.3, 0.4) is 0 Å². The van der Waals surface area contributed by atoms with Crippen LogP contribution in [0.5, 0.6) is 0 Å². The highest BCUT2D eigenvalue weighted by atomic mass is 79.9. The van der Waals surface area contributed by atoms with Crippen LogP contribution in [0.4, 0.5) is 4.39 Å². The predicted molar refractivity (Wildman–Crippen MR) is 76.0 cm³/mol. The molecule has 0 N–H and O–H groups in total. The Hall–Kier alpha value is -1.36. The van der Waals surface area contributed by atoms with Crippen molar-refractivity contribution in [3.8, 4) is 0 Å². The molecule has 19 heavy (non-hydrogen) atoms. The molecule has 0 amide bonds. The Morgan fingerprint density at radius 3 is 2.68 bits per heavy atom. The van der Waals surface area contributed by atoms with Crippen LogP contribution in [0.15, 0.2) is 27.3 Å². The van der Waals surface area contributed by atoms with Crippen molar-refractivity contribution in [1.29, 1.82) is 0 Å². The first-order chi connectivity index (χ1) is 9.17. The van der Waals surface area contributed by atoms with E-state index >= 15 is 0 Å². The van der Waals surface area contributed by atoms with Gasteiger partial charge in [0.1, 0.15) is 24.1 Å². The molecule has 0 aliphatic heterocycles. The van der Waals surface area contributed by atoms with Crippen molar-refractivity contribution < 1.29 is 18.3 Å². The molecule has 1 aromatic carbocycles. The quantitative estimate of drug-likeness (QED) is 0.754. The lowest BCUT2D eigenvalue weighted by Crippen LogP contribution is -2.03. The number of ether oxygens (including phenoxy) is 1. The second-order valence-electron chi connectivity index (χ2n) is 3.45. The predicted octanol–water partition coefficient (Wildman–Crippen LogP) is 4.87. The third kappa shape index (κ3) is 3.35. The second-order valence-corrected chi connectivity index (χ2v) is 4.36. The molecule has 1 heterocycles. The maximum absolute atomic E-state index is 12.8. The summed E-state index contributed by atoms with van der Waals surface area (Å²) in [5.74, 6) is -0.464. The number of rotatable bonds is 3. The molecule has 0 saturated carbocycles. The maximum Gasteiger partial charge on any atom is 0.342 e. The average Bonchev–Trinajstić information content (AvgIpc) is 2.84. The molecule has 0 atom stereocenters. The van der Waals surface area contributed by atoms with Gasteiger partial charge in [0.05, 0.1) is 6.61 Å². The number of hydrogen-bond acceptors (Lipinski definition) is 3. The van der Waals surface area contributed by atoms with Gasteiger partial charge in [-0.2, -0.15) is 0 Å². The minimum absolute atomic E-state index is 0.287. The number of carbonyl (C=O) groups is 1. The van der Waals surface area contributed by atoms with Crippen LogP contribution in [0.25, 0.3) is 11.0 Å². The van der Waals surface area contributed by atoms with Crippen molar-refractivity contribution >= 4 is 32.9 Å². The molecule has 0 aliphatic carbocycles. The van der Waals surface area contributed by atoms with E-state index in [0.717, 1.165) is 0 Å². The number of fused-ring (bicyclic) bond motifs is 1. The van der Waals surface area contributed by atoms with Gasteiger partial charge in [0.15, 0.2) is 0 Å². The van der Waals surface area contributed by atoms with E-state index in [1.165, 1.54) is 6.26 Å². The van der Waals surface area contributed by atoms with Crippen molar-refractivity contribution in [1.82, 2.24) is 0 Å². The normalized spacial score (nSPS) is 9.95. The molecule has 5 heteroatoms. The summed E-state index contributed by atoms with van der Waals surface area (Å²) in [6.45, 7) is 5.37. The lowest BCUT2D eigenvalue weighted by molar-refractivity contribution is 0.0527. The Kier molecular flexibility index (Phi) is 6.02. The lowest BCUT2D eigenvalue weighted by Gasteiger charge is -2.01. The van der Waals surface area contributed by atoms with Gasteiger partial charge in [0.25, 0.3) is 0 Å². The molecule has 0 radical (unpaired) electrons. The van der Waals surface area contributed by atoms with E-state index < -0.39 is 12.6 Å².